The first kappa shape index (κ1) is 34.3. The number of sulfonamides is 1. The predicted molar refractivity (Wildman–Crippen MR) is 181 cm³/mol. The van der Waals surface area contributed by atoms with E-state index < -0.39 is 40.0 Å². The van der Waals surface area contributed by atoms with Crippen molar-refractivity contribution in [1.82, 2.24) is 10.2 Å². The van der Waals surface area contributed by atoms with E-state index in [-0.39, 0.29) is 33.6 Å². The van der Waals surface area contributed by atoms with Gasteiger partial charge >= 0.3 is 0 Å². The summed E-state index contributed by atoms with van der Waals surface area (Å²) >= 11 is 19.4. The monoisotopic (exact) mass is 685 g/mol. The molecule has 0 saturated heterocycles. The van der Waals surface area contributed by atoms with E-state index in [9.17, 15) is 18.0 Å². The fourth-order valence-electron chi connectivity index (χ4n) is 4.74. The third-order valence-electron chi connectivity index (χ3n) is 6.88. The van der Waals surface area contributed by atoms with Gasteiger partial charge in [0.05, 0.1) is 20.6 Å². The number of benzene rings is 4. The molecule has 2 amide bonds. The lowest BCUT2D eigenvalue weighted by atomic mass is 10.0. The van der Waals surface area contributed by atoms with Gasteiger partial charge in [-0.05, 0) is 62.2 Å². The van der Waals surface area contributed by atoms with Gasteiger partial charge in [0.1, 0.15) is 12.6 Å². The van der Waals surface area contributed by atoms with Crippen molar-refractivity contribution in [1.29, 1.82) is 0 Å². The van der Waals surface area contributed by atoms with E-state index in [1.54, 1.807) is 48.5 Å². The molecule has 1 N–H and O–H groups in total. The van der Waals surface area contributed by atoms with Gasteiger partial charge in [0, 0.05) is 23.5 Å². The summed E-state index contributed by atoms with van der Waals surface area (Å²) in [5, 5.41) is 3.48. The minimum atomic E-state index is -4.32. The molecule has 0 radical (unpaired) electrons. The molecule has 4 aromatic rings. The van der Waals surface area contributed by atoms with Crippen LogP contribution in [-0.4, -0.2) is 43.3 Å². The average Bonchev–Trinajstić information content (AvgIpc) is 3.00. The van der Waals surface area contributed by atoms with Gasteiger partial charge < -0.3 is 10.2 Å². The number of nitrogens with zero attached hydrogens (tertiary/aromatic N) is 2. The highest BCUT2D eigenvalue weighted by atomic mass is 35.5. The first-order valence-corrected chi connectivity index (χ1v) is 16.8. The van der Waals surface area contributed by atoms with Crippen LogP contribution in [0.15, 0.2) is 108 Å². The average molecular weight is 687 g/mol. The molecule has 0 spiro atoms. The highest BCUT2D eigenvalue weighted by molar-refractivity contribution is 7.92. The van der Waals surface area contributed by atoms with Crippen LogP contribution in [0.4, 0.5) is 5.69 Å². The van der Waals surface area contributed by atoms with Crippen molar-refractivity contribution in [2.75, 3.05) is 10.8 Å². The van der Waals surface area contributed by atoms with Crippen LogP contribution >= 0.6 is 34.8 Å². The molecule has 0 aliphatic rings. The third-order valence-corrected chi connectivity index (χ3v) is 9.83. The summed E-state index contributed by atoms with van der Waals surface area (Å²) in [6, 6.07) is 27.6. The van der Waals surface area contributed by atoms with Gasteiger partial charge in [-0.3, -0.25) is 13.9 Å². The highest BCUT2D eigenvalue weighted by Gasteiger charge is 2.36. The quantitative estimate of drug-likeness (QED) is 0.178. The fraction of sp³-hybridized carbons (Fsp3) is 0.235. The molecule has 0 bridgehead atoms. The van der Waals surface area contributed by atoms with Gasteiger partial charge in [0.25, 0.3) is 10.0 Å². The molecule has 0 aliphatic heterocycles. The van der Waals surface area contributed by atoms with Gasteiger partial charge in [0.15, 0.2) is 0 Å². The van der Waals surface area contributed by atoms with Crippen LogP contribution in [0, 0.1) is 0 Å². The van der Waals surface area contributed by atoms with Gasteiger partial charge in [-0.2, -0.15) is 0 Å². The standard InChI is InChI=1S/C34H34Cl3N3O4S/c1-34(2,3)38-33(42)30(21-24-13-6-4-7-14-24)39(22-25-15-10-11-18-27(25)35)31(41)23-40(29-20-12-19-28(36)32(29)37)45(43,44)26-16-8-5-9-17-26/h4-20,30H,21-23H2,1-3H3,(H,38,42). The summed E-state index contributed by atoms with van der Waals surface area (Å²) in [5.74, 6) is -1.04. The SMILES string of the molecule is CC(C)(C)NC(=O)C(Cc1ccccc1)N(Cc1ccccc1Cl)C(=O)CN(c1cccc(Cl)c1Cl)S(=O)(=O)c1ccccc1. The number of rotatable bonds is 11. The Labute approximate surface area is 279 Å². The Kier molecular flexibility index (Phi) is 11.2. The second kappa shape index (κ2) is 14.7. The van der Waals surface area contributed by atoms with Crippen LogP contribution in [0.25, 0.3) is 0 Å². The lowest BCUT2D eigenvalue weighted by molar-refractivity contribution is -0.140. The number of amides is 2. The lowest BCUT2D eigenvalue weighted by Gasteiger charge is -2.35. The third kappa shape index (κ3) is 8.79. The summed E-state index contributed by atoms with van der Waals surface area (Å²) in [5.41, 5.74) is 0.822. The van der Waals surface area contributed by atoms with E-state index >= 15 is 0 Å². The minimum absolute atomic E-state index is 0.0258. The number of halogens is 3. The highest BCUT2D eigenvalue weighted by Crippen LogP contribution is 2.35. The van der Waals surface area contributed by atoms with E-state index in [0.717, 1.165) is 9.87 Å². The number of anilines is 1. The summed E-state index contributed by atoms with van der Waals surface area (Å²) in [7, 11) is -4.32. The Morgan fingerprint density at radius 2 is 1.36 bits per heavy atom. The molecule has 0 heterocycles. The number of carbonyl (C=O) groups excluding carboxylic acids is 2. The summed E-state index contributed by atoms with van der Waals surface area (Å²) in [4.78, 5) is 29.8. The first-order valence-electron chi connectivity index (χ1n) is 14.2. The van der Waals surface area contributed by atoms with Crippen molar-refractivity contribution >= 4 is 62.3 Å². The Morgan fingerprint density at radius 3 is 1.98 bits per heavy atom. The molecule has 0 fully saturated rings. The molecule has 236 valence electrons. The molecule has 0 aliphatic carbocycles. The molecule has 0 aromatic heterocycles. The lowest BCUT2D eigenvalue weighted by Crippen LogP contribution is -2.56. The molecular weight excluding hydrogens is 653 g/mol. The second-order valence-corrected chi connectivity index (χ2v) is 14.5. The number of hydrogen-bond acceptors (Lipinski definition) is 4. The van der Waals surface area contributed by atoms with Crippen LogP contribution in [-0.2, 0) is 32.6 Å². The Morgan fingerprint density at radius 1 is 0.778 bits per heavy atom. The van der Waals surface area contributed by atoms with Crippen molar-refractivity contribution in [2.45, 2.75) is 50.2 Å². The van der Waals surface area contributed by atoms with Gasteiger partial charge in [-0.1, -0.05) is 108 Å². The maximum absolute atomic E-state index is 14.5. The Balaban J connectivity index is 1.85. The van der Waals surface area contributed by atoms with E-state index in [2.05, 4.69) is 5.32 Å². The minimum Gasteiger partial charge on any atom is -0.350 e. The summed E-state index contributed by atoms with van der Waals surface area (Å²) < 4.78 is 29.1. The van der Waals surface area contributed by atoms with Crippen molar-refractivity contribution in [3.05, 3.63) is 129 Å². The van der Waals surface area contributed by atoms with E-state index in [4.69, 9.17) is 34.8 Å². The molecule has 1 atom stereocenters. The molecule has 4 rings (SSSR count). The van der Waals surface area contributed by atoms with E-state index in [1.807, 2.05) is 51.1 Å². The number of hydrogen-bond donors (Lipinski definition) is 1. The maximum atomic E-state index is 14.5. The Bertz CT molecular complexity index is 1750. The number of nitrogens with one attached hydrogen (secondary N) is 1. The molecule has 4 aromatic carbocycles. The zero-order valence-electron chi connectivity index (χ0n) is 25.1. The fourth-order valence-corrected chi connectivity index (χ4v) is 6.83. The normalized spacial score (nSPS) is 12.3. The van der Waals surface area contributed by atoms with Gasteiger partial charge in [0.2, 0.25) is 11.8 Å². The molecule has 45 heavy (non-hydrogen) atoms. The van der Waals surface area contributed by atoms with Crippen LogP contribution < -0.4 is 9.62 Å². The largest absolute Gasteiger partial charge is 0.350 e. The molecular formula is C34H34Cl3N3O4S. The van der Waals surface area contributed by atoms with Crippen LogP contribution in [0.1, 0.15) is 31.9 Å². The maximum Gasteiger partial charge on any atom is 0.264 e. The molecule has 11 heteroatoms. The van der Waals surface area contributed by atoms with Gasteiger partial charge in [-0.25, -0.2) is 8.42 Å². The Hall–Kier alpha value is -3.56. The predicted octanol–water partition coefficient (Wildman–Crippen LogP) is 7.40. The van der Waals surface area contributed by atoms with Crippen molar-refractivity contribution in [2.24, 2.45) is 0 Å². The summed E-state index contributed by atoms with van der Waals surface area (Å²) in [6.07, 6.45) is 0.169. The van der Waals surface area contributed by atoms with Crippen LogP contribution in [0.3, 0.4) is 0 Å². The van der Waals surface area contributed by atoms with Crippen molar-refractivity contribution < 1.29 is 18.0 Å². The molecule has 0 saturated carbocycles. The zero-order chi connectivity index (χ0) is 32.8. The smallest absolute Gasteiger partial charge is 0.264 e. The van der Waals surface area contributed by atoms with Gasteiger partial charge in [-0.15, -0.1) is 0 Å². The van der Waals surface area contributed by atoms with Crippen LogP contribution in [0.2, 0.25) is 15.1 Å². The molecule has 1 unspecified atom stereocenters. The number of carbonyl (C=O) groups is 2. The topological polar surface area (TPSA) is 86.8 Å². The summed E-state index contributed by atoms with van der Waals surface area (Å²) in [6.45, 7) is 4.81. The van der Waals surface area contributed by atoms with Crippen molar-refractivity contribution in [3.63, 3.8) is 0 Å². The molecule has 7 nitrogen and oxygen atoms in total. The van der Waals surface area contributed by atoms with Crippen LogP contribution in [0.5, 0.6) is 0 Å². The first-order chi connectivity index (χ1) is 21.3. The van der Waals surface area contributed by atoms with E-state index in [0.29, 0.717) is 10.6 Å². The second-order valence-electron chi connectivity index (χ2n) is 11.5. The zero-order valence-corrected chi connectivity index (χ0v) is 28.2. The van der Waals surface area contributed by atoms with E-state index in [1.165, 1.54) is 29.2 Å². The van der Waals surface area contributed by atoms with Crippen molar-refractivity contribution in [3.8, 4) is 0 Å².